The topological polar surface area (TPSA) is 62.2 Å². The first-order valence-corrected chi connectivity index (χ1v) is 2.76. The average Bonchev–Trinajstić information content (AvgIpc) is 1.94. The van der Waals surface area contributed by atoms with Crippen LogP contribution in [-0.2, 0) is 0 Å². The second-order valence-electron chi connectivity index (χ2n) is 1.83. The smallest absolute Gasteiger partial charge is 0.381 e. The lowest BCUT2D eigenvalue weighted by Crippen LogP contribution is -2.27. The zero-order valence-electron chi connectivity index (χ0n) is 5.57. The van der Waals surface area contributed by atoms with Crippen LogP contribution in [-0.4, -0.2) is 7.11 Å². The van der Waals surface area contributed by atoms with Crippen molar-refractivity contribution in [2.75, 3.05) is 12.8 Å². The highest BCUT2D eigenvalue weighted by Gasteiger charge is 2.02. The maximum atomic E-state index is 10.7. The maximum Gasteiger partial charge on any atom is 0.381 e. The molecule has 4 heteroatoms. The molecule has 0 amide bonds. The van der Waals surface area contributed by atoms with Crippen LogP contribution in [0.5, 0.6) is 5.88 Å². The molecular weight excluding hydrogens is 132 g/mol. The van der Waals surface area contributed by atoms with E-state index in [0.29, 0.717) is 10.4 Å². The van der Waals surface area contributed by atoms with E-state index in [1.807, 2.05) is 0 Å². The Balaban J connectivity index is 3.09. The Kier molecular flexibility index (Phi) is 1.62. The summed E-state index contributed by atoms with van der Waals surface area (Å²) in [5.41, 5.74) is 5.89. The molecular formula is C6H8N2O2. The molecule has 0 atom stereocenters. The number of hydrogen-bond acceptors (Lipinski definition) is 3. The molecule has 0 bridgehead atoms. The fourth-order valence-electron chi connectivity index (χ4n) is 0.630. The Morgan fingerprint density at radius 3 is 2.90 bits per heavy atom. The van der Waals surface area contributed by atoms with Crippen LogP contribution in [0.4, 0.5) is 5.69 Å². The number of methoxy groups -OCH3 is 1. The van der Waals surface area contributed by atoms with Gasteiger partial charge in [-0.3, -0.25) is 0 Å². The second kappa shape index (κ2) is 2.43. The van der Waals surface area contributed by atoms with Gasteiger partial charge in [0, 0.05) is 11.8 Å². The zero-order chi connectivity index (χ0) is 7.56. The van der Waals surface area contributed by atoms with Crippen LogP contribution >= 0.6 is 0 Å². The first-order valence-electron chi connectivity index (χ1n) is 2.76. The molecule has 0 aromatic carbocycles. The summed E-state index contributed by atoms with van der Waals surface area (Å²) >= 11 is 0. The van der Waals surface area contributed by atoms with Crippen LogP contribution < -0.4 is 15.2 Å². The minimum atomic E-state index is 0.208. The van der Waals surface area contributed by atoms with E-state index < -0.39 is 0 Å². The molecule has 1 heterocycles. The van der Waals surface area contributed by atoms with E-state index in [9.17, 15) is 5.21 Å². The Labute approximate surface area is 58.4 Å². The van der Waals surface area contributed by atoms with E-state index in [4.69, 9.17) is 10.5 Å². The number of pyridine rings is 1. The van der Waals surface area contributed by atoms with Gasteiger partial charge in [0.15, 0.2) is 6.20 Å². The summed E-state index contributed by atoms with van der Waals surface area (Å²) < 4.78 is 5.30. The second-order valence-corrected chi connectivity index (χ2v) is 1.83. The summed E-state index contributed by atoms with van der Waals surface area (Å²) in [6.07, 6.45) is 1.30. The summed E-state index contributed by atoms with van der Waals surface area (Å²) in [4.78, 5) is 0. The minimum absolute atomic E-state index is 0.208. The molecule has 0 saturated carbocycles. The Morgan fingerprint density at radius 1 is 1.70 bits per heavy atom. The number of anilines is 1. The maximum absolute atomic E-state index is 10.7. The number of ether oxygens (including phenoxy) is 1. The number of hydrogen-bond donors (Lipinski definition) is 1. The van der Waals surface area contributed by atoms with Crippen molar-refractivity contribution < 1.29 is 9.47 Å². The van der Waals surface area contributed by atoms with Crippen LogP contribution in [0.2, 0.25) is 0 Å². The van der Waals surface area contributed by atoms with Gasteiger partial charge in [0.25, 0.3) is 0 Å². The van der Waals surface area contributed by atoms with E-state index in [2.05, 4.69) is 0 Å². The summed E-state index contributed by atoms with van der Waals surface area (Å²) in [6, 6.07) is 2.97. The van der Waals surface area contributed by atoms with E-state index in [1.165, 1.54) is 25.4 Å². The van der Waals surface area contributed by atoms with Crippen molar-refractivity contribution in [3.05, 3.63) is 23.5 Å². The summed E-state index contributed by atoms with van der Waals surface area (Å²) in [6.45, 7) is 0. The zero-order valence-corrected chi connectivity index (χ0v) is 5.57. The molecule has 4 nitrogen and oxygen atoms in total. The number of nitrogens with two attached hydrogens (primary N) is 1. The fourth-order valence-corrected chi connectivity index (χ4v) is 0.630. The molecule has 0 unspecified atom stereocenters. The Bertz CT molecular complexity index is 237. The number of nitrogen functional groups attached to an aromatic ring is 1. The molecule has 0 spiro atoms. The third-order valence-corrected chi connectivity index (χ3v) is 1.12. The van der Waals surface area contributed by atoms with Crippen LogP contribution in [0, 0.1) is 5.21 Å². The van der Waals surface area contributed by atoms with E-state index >= 15 is 0 Å². The van der Waals surface area contributed by atoms with Crippen molar-refractivity contribution in [2.24, 2.45) is 0 Å². The highest BCUT2D eigenvalue weighted by Crippen LogP contribution is 2.06. The van der Waals surface area contributed by atoms with Gasteiger partial charge in [-0.15, -0.1) is 4.73 Å². The van der Waals surface area contributed by atoms with Crippen LogP contribution in [0.15, 0.2) is 18.3 Å². The van der Waals surface area contributed by atoms with E-state index in [0.717, 1.165) is 0 Å². The highest BCUT2D eigenvalue weighted by atomic mass is 16.5. The van der Waals surface area contributed by atoms with Gasteiger partial charge in [-0.2, -0.15) is 0 Å². The van der Waals surface area contributed by atoms with Gasteiger partial charge in [-0.05, 0) is 0 Å². The molecule has 1 rings (SSSR count). The van der Waals surface area contributed by atoms with Crippen LogP contribution in [0.1, 0.15) is 0 Å². The predicted octanol–water partition coefficient (Wildman–Crippen LogP) is -0.0892. The third-order valence-electron chi connectivity index (χ3n) is 1.12. The SMILES string of the molecule is COc1cc(N)cc[n+]1[O-]. The van der Waals surface area contributed by atoms with Gasteiger partial charge in [-0.1, -0.05) is 0 Å². The van der Waals surface area contributed by atoms with Crippen molar-refractivity contribution in [1.29, 1.82) is 0 Å². The fraction of sp³-hybridized carbons (Fsp3) is 0.167. The molecule has 1 aromatic rings. The van der Waals surface area contributed by atoms with Crippen molar-refractivity contribution in [2.45, 2.75) is 0 Å². The standard InChI is InChI=1S/C6H8N2O2/c1-10-6-4-5(7)2-3-8(6)9/h2-4H,7H2,1H3. The lowest BCUT2D eigenvalue weighted by Gasteiger charge is -2.01. The summed E-state index contributed by atoms with van der Waals surface area (Å²) in [5.74, 6) is 0.208. The predicted molar refractivity (Wildman–Crippen MR) is 36.4 cm³/mol. The first-order chi connectivity index (χ1) is 4.74. The molecule has 0 radical (unpaired) electrons. The molecule has 1 aromatic heterocycles. The van der Waals surface area contributed by atoms with Gasteiger partial charge in [-0.25, -0.2) is 0 Å². The molecule has 54 valence electrons. The van der Waals surface area contributed by atoms with E-state index in [-0.39, 0.29) is 5.88 Å². The van der Waals surface area contributed by atoms with Crippen molar-refractivity contribution >= 4 is 5.69 Å². The molecule has 0 fully saturated rings. The highest BCUT2D eigenvalue weighted by molar-refractivity contribution is 5.37. The average molecular weight is 140 g/mol. The monoisotopic (exact) mass is 140 g/mol. The van der Waals surface area contributed by atoms with E-state index in [1.54, 1.807) is 0 Å². The third kappa shape index (κ3) is 1.10. The first kappa shape index (κ1) is 6.67. The lowest BCUT2D eigenvalue weighted by molar-refractivity contribution is -0.612. The van der Waals surface area contributed by atoms with Crippen LogP contribution in [0.3, 0.4) is 0 Å². The molecule has 10 heavy (non-hydrogen) atoms. The molecule has 2 N–H and O–H groups in total. The summed E-state index contributed by atoms with van der Waals surface area (Å²) in [7, 11) is 1.42. The van der Waals surface area contributed by atoms with Crippen LogP contribution in [0.25, 0.3) is 0 Å². The largest absolute Gasteiger partial charge is 0.616 e. The number of rotatable bonds is 1. The molecule has 0 saturated heterocycles. The number of nitrogens with zero attached hydrogens (tertiary/aromatic N) is 1. The quantitative estimate of drug-likeness (QED) is 0.438. The lowest BCUT2D eigenvalue weighted by atomic mass is 10.4. The van der Waals surface area contributed by atoms with Crippen molar-refractivity contribution in [3.8, 4) is 5.88 Å². The Morgan fingerprint density at radius 2 is 2.40 bits per heavy atom. The van der Waals surface area contributed by atoms with Crippen molar-refractivity contribution in [1.82, 2.24) is 0 Å². The molecule has 0 aliphatic rings. The van der Waals surface area contributed by atoms with Gasteiger partial charge in [0.1, 0.15) is 0 Å². The molecule has 0 aliphatic carbocycles. The van der Waals surface area contributed by atoms with Gasteiger partial charge in [0.2, 0.25) is 0 Å². The normalized spacial score (nSPS) is 9.30. The Hall–Kier alpha value is -1.45. The number of aromatic nitrogens is 1. The van der Waals surface area contributed by atoms with Gasteiger partial charge >= 0.3 is 5.88 Å². The van der Waals surface area contributed by atoms with Crippen molar-refractivity contribution in [3.63, 3.8) is 0 Å². The molecule has 0 aliphatic heterocycles. The minimum Gasteiger partial charge on any atom is -0.616 e. The van der Waals surface area contributed by atoms with Gasteiger partial charge in [0.05, 0.1) is 13.2 Å². The summed E-state index contributed by atoms with van der Waals surface area (Å²) in [5, 5.41) is 10.7. The van der Waals surface area contributed by atoms with Gasteiger partial charge < -0.3 is 15.7 Å².